The molecule has 0 bridgehead atoms. The lowest BCUT2D eigenvalue weighted by atomic mass is 10.1. The molecule has 0 spiro atoms. The molecule has 8 nitrogen and oxygen atoms in total. The SMILES string of the molecule is Cc1ccc(C(=O)OCC(=O)N(CC#N)c2ccccc2)cc1NC(=O)c1ccco1. The highest BCUT2D eigenvalue weighted by Crippen LogP contribution is 2.19. The molecule has 1 N–H and O–H groups in total. The molecule has 0 saturated carbocycles. The first-order valence-corrected chi connectivity index (χ1v) is 9.34. The Hall–Kier alpha value is -4.38. The van der Waals surface area contributed by atoms with Crippen LogP contribution < -0.4 is 10.2 Å². The van der Waals surface area contributed by atoms with E-state index in [1.165, 1.54) is 29.4 Å². The minimum absolute atomic E-state index is 0.136. The molecule has 0 saturated heterocycles. The number of ether oxygens (including phenoxy) is 1. The van der Waals surface area contributed by atoms with Gasteiger partial charge >= 0.3 is 5.97 Å². The number of rotatable bonds is 7. The number of nitrogens with zero attached hydrogens (tertiary/aromatic N) is 2. The van der Waals surface area contributed by atoms with Crippen molar-refractivity contribution in [1.82, 2.24) is 0 Å². The van der Waals surface area contributed by atoms with E-state index in [-0.39, 0.29) is 17.9 Å². The largest absolute Gasteiger partial charge is 0.459 e. The molecule has 0 aliphatic rings. The Morgan fingerprint density at radius 1 is 1.10 bits per heavy atom. The molecule has 0 unspecified atom stereocenters. The number of para-hydroxylation sites is 1. The molecule has 31 heavy (non-hydrogen) atoms. The zero-order chi connectivity index (χ0) is 22.2. The van der Waals surface area contributed by atoms with Gasteiger partial charge in [0.15, 0.2) is 12.4 Å². The van der Waals surface area contributed by atoms with Crippen LogP contribution >= 0.6 is 0 Å². The minimum atomic E-state index is -0.730. The summed E-state index contributed by atoms with van der Waals surface area (Å²) in [6.07, 6.45) is 1.39. The molecule has 156 valence electrons. The second kappa shape index (κ2) is 9.89. The Bertz CT molecular complexity index is 1120. The first-order chi connectivity index (χ1) is 15.0. The Morgan fingerprint density at radius 2 is 1.87 bits per heavy atom. The van der Waals surface area contributed by atoms with Gasteiger partial charge in [0.05, 0.1) is 17.9 Å². The van der Waals surface area contributed by atoms with Crippen LogP contribution in [0.4, 0.5) is 11.4 Å². The summed E-state index contributed by atoms with van der Waals surface area (Å²) in [5, 5.41) is 11.7. The number of furan rings is 1. The smallest absolute Gasteiger partial charge is 0.338 e. The van der Waals surface area contributed by atoms with Crippen LogP contribution in [0.3, 0.4) is 0 Å². The molecule has 0 fully saturated rings. The zero-order valence-electron chi connectivity index (χ0n) is 16.7. The van der Waals surface area contributed by atoms with Crippen molar-refractivity contribution in [1.29, 1.82) is 5.26 Å². The predicted molar refractivity (Wildman–Crippen MR) is 113 cm³/mol. The van der Waals surface area contributed by atoms with Crippen LogP contribution in [0, 0.1) is 18.3 Å². The quantitative estimate of drug-likeness (QED) is 0.465. The predicted octanol–water partition coefficient (Wildman–Crippen LogP) is 3.55. The van der Waals surface area contributed by atoms with Gasteiger partial charge in [-0.25, -0.2) is 4.79 Å². The molecule has 2 amide bonds. The van der Waals surface area contributed by atoms with Gasteiger partial charge in [-0.2, -0.15) is 5.26 Å². The van der Waals surface area contributed by atoms with Crippen LogP contribution in [-0.2, 0) is 9.53 Å². The summed E-state index contributed by atoms with van der Waals surface area (Å²) in [5.41, 5.74) is 1.84. The van der Waals surface area contributed by atoms with E-state index in [0.29, 0.717) is 11.4 Å². The van der Waals surface area contributed by atoms with Gasteiger partial charge in [-0.15, -0.1) is 0 Å². The van der Waals surface area contributed by atoms with Crippen LogP contribution in [0.5, 0.6) is 0 Å². The first-order valence-electron chi connectivity index (χ1n) is 9.34. The third-order valence-electron chi connectivity index (χ3n) is 4.39. The number of anilines is 2. The Morgan fingerprint density at radius 3 is 2.55 bits per heavy atom. The lowest BCUT2D eigenvalue weighted by molar-refractivity contribution is -0.121. The number of carbonyl (C=O) groups excluding carboxylic acids is 3. The van der Waals surface area contributed by atoms with Crippen molar-refractivity contribution >= 4 is 29.2 Å². The highest BCUT2D eigenvalue weighted by Gasteiger charge is 2.19. The number of aryl methyl sites for hydroxylation is 1. The van der Waals surface area contributed by atoms with Crippen molar-refractivity contribution in [2.75, 3.05) is 23.4 Å². The number of hydrogen-bond donors (Lipinski definition) is 1. The fourth-order valence-electron chi connectivity index (χ4n) is 2.77. The van der Waals surface area contributed by atoms with E-state index in [2.05, 4.69) is 5.32 Å². The summed E-state index contributed by atoms with van der Waals surface area (Å²) in [6, 6.07) is 18.3. The van der Waals surface area contributed by atoms with Crippen LogP contribution in [0.2, 0.25) is 0 Å². The Labute approximate surface area is 178 Å². The molecule has 8 heteroatoms. The topological polar surface area (TPSA) is 113 Å². The van der Waals surface area contributed by atoms with E-state index in [4.69, 9.17) is 14.4 Å². The number of esters is 1. The van der Waals surface area contributed by atoms with Gasteiger partial charge in [0.25, 0.3) is 11.8 Å². The molecule has 0 radical (unpaired) electrons. The van der Waals surface area contributed by atoms with Crippen LogP contribution in [0.15, 0.2) is 71.3 Å². The van der Waals surface area contributed by atoms with Crippen molar-refractivity contribution in [3.63, 3.8) is 0 Å². The van der Waals surface area contributed by atoms with Gasteiger partial charge in [-0.3, -0.25) is 14.5 Å². The number of carbonyl (C=O) groups is 3. The summed E-state index contributed by atoms with van der Waals surface area (Å²) in [6.45, 7) is 1.07. The third-order valence-corrected chi connectivity index (χ3v) is 4.39. The van der Waals surface area contributed by atoms with Crippen molar-refractivity contribution in [2.24, 2.45) is 0 Å². The zero-order valence-corrected chi connectivity index (χ0v) is 16.7. The molecule has 1 heterocycles. The lowest BCUT2D eigenvalue weighted by Gasteiger charge is -2.19. The summed E-state index contributed by atoms with van der Waals surface area (Å²) >= 11 is 0. The Balaban J connectivity index is 1.67. The van der Waals surface area contributed by atoms with Crippen LogP contribution in [0.1, 0.15) is 26.5 Å². The fraction of sp³-hybridized carbons (Fsp3) is 0.130. The van der Waals surface area contributed by atoms with Crippen molar-refractivity contribution in [2.45, 2.75) is 6.92 Å². The second-order valence-corrected chi connectivity index (χ2v) is 6.51. The van der Waals surface area contributed by atoms with E-state index in [1.807, 2.05) is 6.07 Å². The number of amides is 2. The monoisotopic (exact) mass is 417 g/mol. The van der Waals surface area contributed by atoms with Gasteiger partial charge in [0, 0.05) is 11.4 Å². The maximum Gasteiger partial charge on any atom is 0.338 e. The van der Waals surface area contributed by atoms with E-state index in [1.54, 1.807) is 49.4 Å². The number of nitrogens with one attached hydrogen (secondary N) is 1. The Kier molecular flexibility index (Phi) is 6.81. The first kappa shape index (κ1) is 21.3. The van der Waals surface area contributed by atoms with E-state index < -0.39 is 24.4 Å². The van der Waals surface area contributed by atoms with Gasteiger partial charge in [-0.05, 0) is 48.9 Å². The standard InChI is InChI=1S/C23H19N3O5/c1-16-9-10-17(14-19(16)25-22(28)20-8-5-13-30-20)23(29)31-15-21(27)26(12-11-24)18-6-3-2-4-7-18/h2-10,13-14H,12,15H2,1H3,(H,25,28). The second-order valence-electron chi connectivity index (χ2n) is 6.51. The average molecular weight is 417 g/mol. The fourth-order valence-corrected chi connectivity index (χ4v) is 2.77. The molecule has 1 aromatic heterocycles. The number of hydrogen-bond acceptors (Lipinski definition) is 6. The van der Waals surface area contributed by atoms with Crippen molar-refractivity contribution in [3.8, 4) is 6.07 Å². The van der Waals surface area contributed by atoms with Crippen LogP contribution in [0.25, 0.3) is 0 Å². The molecule has 0 aliphatic carbocycles. The van der Waals surface area contributed by atoms with E-state index in [0.717, 1.165) is 5.56 Å². The third kappa shape index (κ3) is 5.36. The molecule has 3 aromatic rings. The summed E-state index contributed by atoms with van der Waals surface area (Å²) in [7, 11) is 0. The van der Waals surface area contributed by atoms with Gasteiger partial charge in [0.1, 0.15) is 6.54 Å². The lowest BCUT2D eigenvalue weighted by Crippen LogP contribution is -2.35. The van der Waals surface area contributed by atoms with Gasteiger partial charge < -0.3 is 14.5 Å². The molecular formula is C23H19N3O5. The summed E-state index contributed by atoms with van der Waals surface area (Å²) in [5.74, 6) is -1.58. The normalized spacial score (nSPS) is 10.1. The molecular weight excluding hydrogens is 398 g/mol. The average Bonchev–Trinajstić information content (AvgIpc) is 3.33. The molecule has 0 atom stereocenters. The number of nitriles is 1. The summed E-state index contributed by atoms with van der Waals surface area (Å²) < 4.78 is 10.2. The number of benzene rings is 2. The summed E-state index contributed by atoms with van der Waals surface area (Å²) in [4.78, 5) is 38.4. The van der Waals surface area contributed by atoms with Gasteiger partial charge in [-0.1, -0.05) is 24.3 Å². The molecule has 2 aromatic carbocycles. The molecule has 0 aliphatic heterocycles. The highest BCUT2D eigenvalue weighted by atomic mass is 16.5. The highest BCUT2D eigenvalue weighted by molar-refractivity contribution is 6.03. The minimum Gasteiger partial charge on any atom is -0.459 e. The van der Waals surface area contributed by atoms with E-state index in [9.17, 15) is 14.4 Å². The van der Waals surface area contributed by atoms with Crippen LogP contribution in [-0.4, -0.2) is 30.9 Å². The van der Waals surface area contributed by atoms with Gasteiger partial charge in [0.2, 0.25) is 0 Å². The van der Waals surface area contributed by atoms with Crippen molar-refractivity contribution < 1.29 is 23.5 Å². The maximum atomic E-state index is 12.5. The molecule has 3 rings (SSSR count). The maximum absolute atomic E-state index is 12.5. The van der Waals surface area contributed by atoms with E-state index >= 15 is 0 Å². The van der Waals surface area contributed by atoms with Crippen molar-refractivity contribution in [3.05, 3.63) is 83.8 Å².